The van der Waals surface area contributed by atoms with Crippen LogP contribution in [0.2, 0.25) is 0 Å². The van der Waals surface area contributed by atoms with Crippen molar-refractivity contribution >= 4 is 6.03 Å². The highest BCUT2D eigenvalue weighted by Gasteiger charge is 2.42. The number of rotatable bonds is 6. The second kappa shape index (κ2) is 6.59. The van der Waals surface area contributed by atoms with Crippen LogP contribution < -0.4 is 15.4 Å². The number of hydrogen-bond donors (Lipinski definition) is 2. The van der Waals surface area contributed by atoms with Gasteiger partial charge in [0.15, 0.2) is 0 Å². The maximum Gasteiger partial charge on any atom is 0.315 e. The average molecular weight is 331 g/mol. The molecule has 6 nitrogen and oxygen atoms in total. The molecule has 1 aliphatic heterocycles. The van der Waals surface area contributed by atoms with Gasteiger partial charge in [-0.05, 0) is 50.0 Å². The lowest BCUT2D eigenvalue weighted by Crippen LogP contribution is -2.48. The molecule has 1 aromatic rings. The Labute approximate surface area is 142 Å². The minimum absolute atomic E-state index is 0.0146. The molecule has 1 saturated heterocycles. The highest BCUT2D eigenvalue weighted by Crippen LogP contribution is 2.44. The monoisotopic (exact) mass is 331 g/mol. The highest BCUT2D eigenvalue weighted by molar-refractivity contribution is 5.75. The van der Waals surface area contributed by atoms with Crippen molar-refractivity contribution in [1.29, 1.82) is 0 Å². The molecule has 130 valence electrons. The van der Waals surface area contributed by atoms with Crippen molar-refractivity contribution in [3.63, 3.8) is 0 Å². The fourth-order valence-electron chi connectivity index (χ4n) is 3.64. The van der Waals surface area contributed by atoms with Gasteiger partial charge in [0.1, 0.15) is 6.10 Å². The first-order chi connectivity index (χ1) is 11.7. The van der Waals surface area contributed by atoms with Gasteiger partial charge in [0.25, 0.3) is 0 Å². The van der Waals surface area contributed by atoms with Crippen LogP contribution in [0.25, 0.3) is 0 Å². The van der Waals surface area contributed by atoms with Gasteiger partial charge in [-0.15, -0.1) is 0 Å². The summed E-state index contributed by atoms with van der Waals surface area (Å²) in [6.07, 6.45) is 7.47. The number of nitrogens with zero attached hydrogens (tertiary/aromatic N) is 1. The largest absolute Gasteiger partial charge is 0.481 e. The van der Waals surface area contributed by atoms with E-state index < -0.39 is 0 Å². The molecule has 2 heterocycles. The van der Waals surface area contributed by atoms with E-state index in [0.717, 1.165) is 12.0 Å². The van der Waals surface area contributed by atoms with Gasteiger partial charge in [0.2, 0.25) is 5.88 Å². The Bertz CT molecular complexity index is 572. The van der Waals surface area contributed by atoms with Gasteiger partial charge in [-0.2, -0.15) is 0 Å². The number of carbonyl (C=O) groups is 1. The molecule has 2 aliphatic carbocycles. The van der Waals surface area contributed by atoms with E-state index in [2.05, 4.69) is 15.6 Å². The van der Waals surface area contributed by atoms with Crippen LogP contribution in [0.3, 0.4) is 0 Å². The highest BCUT2D eigenvalue weighted by atomic mass is 16.5. The van der Waals surface area contributed by atoms with Crippen LogP contribution in [0.1, 0.15) is 43.8 Å². The molecule has 4 rings (SSSR count). The van der Waals surface area contributed by atoms with E-state index in [-0.39, 0.29) is 18.2 Å². The van der Waals surface area contributed by atoms with E-state index in [9.17, 15) is 4.79 Å². The molecule has 3 fully saturated rings. The Hall–Kier alpha value is -1.82. The number of carbonyl (C=O) groups excluding carboxylic acids is 1. The van der Waals surface area contributed by atoms with Crippen molar-refractivity contribution in [2.75, 3.05) is 13.7 Å². The zero-order valence-electron chi connectivity index (χ0n) is 14.0. The zero-order chi connectivity index (χ0) is 16.5. The third-order valence-corrected chi connectivity index (χ3v) is 5.26. The number of urea groups is 1. The van der Waals surface area contributed by atoms with Gasteiger partial charge in [-0.3, -0.25) is 0 Å². The summed E-state index contributed by atoms with van der Waals surface area (Å²) in [5.41, 5.74) is 0.972. The SMILES string of the molecule is COc1ccc([C@H]2OCC[C@@H]2NC(=O)NC(C2CC2)C2CC2)cn1. The zero-order valence-corrected chi connectivity index (χ0v) is 14.0. The Kier molecular flexibility index (Phi) is 4.31. The standard InChI is InChI=1S/C18H25N3O3/c1-23-15-7-6-13(10-19-15)17-14(8-9-24-17)20-18(22)21-16(11-2-3-11)12-4-5-12/h6-7,10-12,14,16-17H,2-5,8-9H2,1H3,(H2,20,21,22)/t14-,17+/m0/s1. The van der Waals surface area contributed by atoms with E-state index >= 15 is 0 Å². The van der Waals surface area contributed by atoms with E-state index in [4.69, 9.17) is 9.47 Å². The minimum Gasteiger partial charge on any atom is -0.481 e. The van der Waals surface area contributed by atoms with Gasteiger partial charge < -0.3 is 20.1 Å². The summed E-state index contributed by atoms with van der Waals surface area (Å²) in [7, 11) is 1.60. The fourth-order valence-corrected chi connectivity index (χ4v) is 3.64. The first-order valence-electron chi connectivity index (χ1n) is 8.93. The van der Waals surface area contributed by atoms with Crippen molar-refractivity contribution in [2.24, 2.45) is 11.8 Å². The second-order valence-corrected chi connectivity index (χ2v) is 7.14. The van der Waals surface area contributed by atoms with Crippen LogP contribution in [0, 0.1) is 11.8 Å². The Balaban J connectivity index is 1.36. The normalized spacial score (nSPS) is 26.4. The van der Waals surface area contributed by atoms with Crippen molar-refractivity contribution < 1.29 is 14.3 Å². The Morgan fingerprint density at radius 2 is 2.00 bits per heavy atom. The molecular formula is C18H25N3O3. The Morgan fingerprint density at radius 1 is 1.25 bits per heavy atom. The first kappa shape index (κ1) is 15.7. The number of aromatic nitrogens is 1. The molecule has 24 heavy (non-hydrogen) atoms. The molecular weight excluding hydrogens is 306 g/mol. The average Bonchev–Trinajstić information content (AvgIpc) is 3.52. The fraction of sp³-hybridized carbons (Fsp3) is 0.667. The Morgan fingerprint density at radius 3 is 2.58 bits per heavy atom. The molecule has 0 unspecified atom stereocenters. The van der Waals surface area contributed by atoms with Crippen LogP contribution in [-0.2, 0) is 4.74 Å². The van der Waals surface area contributed by atoms with Crippen LogP contribution in [0.4, 0.5) is 4.79 Å². The van der Waals surface area contributed by atoms with Crippen LogP contribution >= 0.6 is 0 Å². The lowest BCUT2D eigenvalue weighted by Gasteiger charge is -2.23. The van der Waals surface area contributed by atoms with Crippen LogP contribution in [-0.4, -0.2) is 36.8 Å². The molecule has 3 aliphatic rings. The lowest BCUT2D eigenvalue weighted by molar-refractivity contribution is 0.0993. The van der Waals surface area contributed by atoms with E-state index in [1.165, 1.54) is 25.7 Å². The van der Waals surface area contributed by atoms with E-state index in [0.29, 0.717) is 30.4 Å². The van der Waals surface area contributed by atoms with Crippen molar-refractivity contribution in [2.45, 2.75) is 50.3 Å². The van der Waals surface area contributed by atoms with Crippen molar-refractivity contribution in [3.05, 3.63) is 23.9 Å². The van der Waals surface area contributed by atoms with Crippen LogP contribution in [0.15, 0.2) is 18.3 Å². The summed E-state index contributed by atoms with van der Waals surface area (Å²) in [6, 6.07) is 4.07. The first-order valence-corrected chi connectivity index (χ1v) is 8.93. The maximum absolute atomic E-state index is 12.4. The third-order valence-electron chi connectivity index (χ3n) is 5.26. The number of methoxy groups -OCH3 is 1. The summed E-state index contributed by atoms with van der Waals surface area (Å²) in [5, 5.41) is 6.33. The summed E-state index contributed by atoms with van der Waals surface area (Å²) < 4.78 is 10.9. The molecule has 2 amide bonds. The molecule has 0 aromatic carbocycles. The molecule has 2 atom stereocenters. The van der Waals surface area contributed by atoms with Crippen molar-refractivity contribution in [3.8, 4) is 5.88 Å². The van der Waals surface area contributed by atoms with Gasteiger partial charge in [0, 0.05) is 30.5 Å². The molecule has 1 aromatic heterocycles. The van der Waals surface area contributed by atoms with Crippen molar-refractivity contribution in [1.82, 2.24) is 15.6 Å². The molecule has 2 saturated carbocycles. The summed E-state index contributed by atoms with van der Waals surface area (Å²) in [4.78, 5) is 16.7. The van der Waals surface area contributed by atoms with Gasteiger partial charge in [0.05, 0.1) is 13.2 Å². The van der Waals surface area contributed by atoms with Gasteiger partial charge in [-0.1, -0.05) is 0 Å². The minimum atomic E-state index is -0.144. The smallest absolute Gasteiger partial charge is 0.315 e. The van der Waals surface area contributed by atoms with Crippen LogP contribution in [0.5, 0.6) is 5.88 Å². The quantitative estimate of drug-likeness (QED) is 0.840. The molecule has 0 bridgehead atoms. The third kappa shape index (κ3) is 3.48. The maximum atomic E-state index is 12.4. The van der Waals surface area contributed by atoms with E-state index in [1.807, 2.05) is 12.1 Å². The van der Waals surface area contributed by atoms with E-state index in [1.54, 1.807) is 13.3 Å². The summed E-state index contributed by atoms with van der Waals surface area (Å²) in [5.74, 6) is 1.98. The van der Waals surface area contributed by atoms with Gasteiger partial charge in [-0.25, -0.2) is 9.78 Å². The number of pyridine rings is 1. The van der Waals surface area contributed by atoms with Gasteiger partial charge >= 0.3 is 6.03 Å². The number of nitrogens with one attached hydrogen (secondary N) is 2. The number of amides is 2. The molecule has 0 radical (unpaired) electrons. The molecule has 6 heteroatoms. The second-order valence-electron chi connectivity index (χ2n) is 7.14. The predicted octanol–water partition coefficient (Wildman–Crippen LogP) is 2.41. The predicted molar refractivity (Wildman–Crippen MR) is 88.8 cm³/mol. The summed E-state index contributed by atoms with van der Waals surface area (Å²) in [6.45, 7) is 0.649. The summed E-state index contributed by atoms with van der Waals surface area (Å²) >= 11 is 0. The number of ether oxygens (including phenoxy) is 2. The molecule has 0 spiro atoms. The molecule has 2 N–H and O–H groups in total. The lowest BCUT2D eigenvalue weighted by atomic mass is 10.0. The topological polar surface area (TPSA) is 72.5 Å². The number of hydrogen-bond acceptors (Lipinski definition) is 4.